The van der Waals surface area contributed by atoms with Gasteiger partial charge in [0.05, 0.1) is 0 Å². The molecule has 0 aromatic heterocycles. The van der Waals surface area contributed by atoms with Gasteiger partial charge in [-0.1, -0.05) is 43.9 Å². The van der Waals surface area contributed by atoms with Crippen LogP contribution in [0.4, 0.5) is 4.39 Å². The SMILES string of the molecule is CCC1CCC(C(Cc2c(F)cccc2Cl)NN)CC1. The van der Waals surface area contributed by atoms with E-state index in [2.05, 4.69) is 12.3 Å². The van der Waals surface area contributed by atoms with E-state index in [0.29, 0.717) is 22.9 Å². The van der Waals surface area contributed by atoms with Gasteiger partial charge in [-0.15, -0.1) is 0 Å². The molecule has 2 nitrogen and oxygen atoms in total. The highest BCUT2D eigenvalue weighted by molar-refractivity contribution is 6.31. The van der Waals surface area contributed by atoms with E-state index in [1.54, 1.807) is 12.1 Å². The van der Waals surface area contributed by atoms with Crippen molar-refractivity contribution in [1.82, 2.24) is 5.43 Å². The first-order chi connectivity index (χ1) is 9.65. The Morgan fingerprint density at radius 3 is 2.60 bits per heavy atom. The van der Waals surface area contributed by atoms with Gasteiger partial charge in [0.15, 0.2) is 0 Å². The summed E-state index contributed by atoms with van der Waals surface area (Å²) in [6, 6.07) is 4.94. The fourth-order valence-corrected chi connectivity index (χ4v) is 3.55. The van der Waals surface area contributed by atoms with Gasteiger partial charge in [-0.3, -0.25) is 11.3 Å². The van der Waals surface area contributed by atoms with E-state index in [9.17, 15) is 4.39 Å². The monoisotopic (exact) mass is 298 g/mol. The molecule has 1 unspecified atom stereocenters. The number of rotatable bonds is 5. The molecule has 20 heavy (non-hydrogen) atoms. The predicted octanol–water partition coefficient (Wildman–Crippen LogP) is 4.07. The molecule has 0 aliphatic heterocycles. The maximum absolute atomic E-state index is 13.9. The third-order valence-corrected chi connectivity index (χ3v) is 5.09. The Labute approximate surface area is 125 Å². The molecule has 1 aliphatic carbocycles. The second-order valence-electron chi connectivity index (χ2n) is 5.87. The smallest absolute Gasteiger partial charge is 0.127 e. The molecule has 1 fully saturated rings. The molecule has 0 bridgehead atoms. The first-order valence-electron chi connectivity index (χ1n) is 7.54. The van der Waals surface area contributed by atoms with Gasteiger partial charge in [-0.05, 0) is 43.2 Å². The topological polar surface area (TPSA) is 38.0 Å². The highest BCUT2D eigenvalue weighted by Gasteiger charge is 2.27. The fourth-order valence-electron chi connectivity index (χ4n) is 3.31. The maximum Gasteiger partial charge on any atom is 0.127 e. The quantitative estimate of drug-likeness (QED) is 0.635. The van der Waals surface area contributed by atoms with Crippen LogP contribution in [-0.2, 0) is 6.42 Å². The van der Waals surface area contributed by atoms with E-state index in [1.807, 2.05) is 0 Å². The average molecular weight is 299 g/mol. The Balaban J connectivity index is 2.02. The van der Waals surface area contributed by atoms with Crippen LogP contribution in [0.15, 0.2) is 18.2 Å². The van der Waals surface area contributed by atoms with Gasteiger partial charge in [0.1, 0.15) is 5.82 Å². The fraction of sp³-hybridized carbons (Fsp3) is 0.625. The zero-order chi connectivity index (χ0) is 14.5. The summed E-state index contributed by atoms with van der Waals surface area (Å²) in [5, 5.41) is 0.493. The minimum atomic E-state index is -0.236. The number of nitrogens with two attached hydrogens (primary N) is 1. The summed E-state index contributed by atoms with van der Waals surface area (Å²) in [5.74, 6) is 6.83. The van der Waals surface area contributed by atoms with Crippen LogP contribution in [0, 0.1) is 17.7 Å². The highest BCUT2D eigenvalue weighted by Crippen LogP contribution is 2.34. The van der Waals surface area contributed by atoms with Crippen LogP contribution >= 0.6 is 11.6 Å². The molecular formula is C16H24ClFN2. The zero-order valence-electron chi connectivity index (χ0n) is 12.0. The number of hydrogen-bond acceptors (Lipinski definition) is 2. The third kappa shape index (κ3) is 3.72. The Morgan fingerprint density at radius 2 is 2.05 bits per heavy atom. The van der Waals surface area contributed by atoms with Crippen LogP contribution in [0.5, 0.6) is 0 Å². The minimum absolute atomic E-state index is 0.0993. The lowest BCUT2D eigenvalue weighted by Gasteiger charge is -2.33. The molecule has 1 aromatic rings. The molecule has 1 aliphatic rings. The lowest BCUT2D eigenvalue weighted by molar-refractivity contribution is 0.216. The Kier molecular flexibility index (Phi) is 5.82. The normalized spacial score (nSPS) is 24.6. The first-order valence-corrected chi connectivity index (χ1v) is 7.92. The number of halogens is 2. The highest BCUT2D eigenvalue weighted by atomic mass is 35.5. The molecule has 0 spiro atoms. The van der Waals surface area contributed by atoms with E-state index in [0.717, 1.165) is 5.92 Å². The van der Waals surface area contributed by atoms with Gasteiger partial charge in [-0.2, -0.15) is 0 Å². The Bertz CT molecular complexity index is 410. The summed E-state index contributed by atoms with van der Waals surface area (Å²) in [7, 11) is 0. The molecule has 1 saturated carbocycles. The summed E-state index contributed by atoms with van der Waals surface area (Å²) >= 11 is 6.11. The number of benzene rings is 1. The molecular weight excluding hydrogens is 275 g/mol. The predicted molar refractivity (Wildman–Crippen MR) is 82.0 cm³/mol. The summed E-state index contributed by atoms with van der Waals surface area (Å²) < 4.78 is 13.9. The molecule has 0 radical (unpaired) electrons. The lowest BCUT2D eigenvalue weighted by Crippen LogP contribution is -2.44. The summed E-state index contributed by atoms with van der Waals surface area (Å²) in [5.41, 5.74) is 3.46. The number of hydrazine groups is 1. The lowest BCUT2D eigenvalue weighted by atomic mass is 9.76. The van der Waals surface area contributed by atoms with Crippen molar-refractivity contribution in [2.75, 3.05) is 0 Å². The zero-order valence-corrected chi connectivity index (χ0v) is 12.8. The van der Waals surface area contributed by atoms with Crippen molar-refractivity contribution < 1.29 is 4.39 Å². The average Bonchev–Trinajstić information content (AvgIpc) is 2.47. The van der Waals surface area contributed by atoms with Gasteiger partial charge in [-0.25, -0.2) is 4.39 Å². The van der Waals surface area contributed by atoms with Crippen molar-refractivity contribution in [2.24, 2.45) is 17.7 Å². The van der Waals surface area contributed by atoms with E-state index in [-0.39, 0.29) is 11.9 Å². The van der Waals surface area contributed by atoms with Gasteiger partial charge in [0, 0.05) is 16.6 Å². The molecule has 2 rings (SSSR count). The van der Waals surface area contributed by atoms with E-state index in [1.165, 1.54) is 38.2 Å². The van der Waals surface area contributed by atoms with Crippen LogP contribution in [0.2, 0.25) is 5.02 Å². The van der Waals surface area contributed by atoms with Crippen LogP contribution in [-0.4, -0.2) is 6.04 Å². The van der Waals surface area contributed by atoms with Crippen LogP contribution in [0.25, 0.3) is 0 Å². The van der Waals surface area contributed by atoms with Crippen molar-refractivity contribution in [3.8, 4) is 0 Å². The molecule has 0 heterocycles. The van der Waals surface area contributed by atoms with Crippen molar-refractivity contribution in [3.63, 3.8) is 0 Å². The van der Waals surface area contributed by atoms with Crippen molar-refractivity contribution >= 4 is 11.6 Å². The molecule has 4 heteroatoms. The Morgan fingerprint density at radius 1 is 1.35 bits per heavy atom. The molecule has 3 N–H and O–H groups in total. The second kappa shape index (κ2) is 7.39. The number of nitrogens with one attached hydrogen (secondary N) is 1. The van der Waals surface area contributed by atoms with E-state index < -0.39 is 0 Å². The summed E-state index contributed by atoms with van der Waals surface area (Å²) in [6.07, 6.45) is 6.66. The maximum atomic E-state index is 13.9. The van der Waals surface area contributed by atoms with Crippen molar-refractivity contribution in [2.45, 2.75) is 51.5 Å². The molecule has 0 saturated heterocycles. The Hall–Kier alpha value is -0.640. The molecule has 1 atom stereocenters. The standard InChI is InChI=1S/C16H24ClFN2/c1-2-11-6-8-12(9-7-11)16(20-19)10-13-14(17)4-3-5-15(13)18/h3-5,11-12,16,20H,2,6-10,19H2,1H3. The third-order valence-electron chi connectivity index (χ3n) is 4.74. The van der Waals surface area contributed by atoms with Crippen molar-refractivity contribution in [3.05, 3.63) is 34.6 Å². The summed E-state index contributed by atoms with van der Waals surface area (Å²) in [6.45, 7) is 2.25. The minimum Gasteiger partial charge on any atom is -0.271 e. The summed E-state index contributed by atoms with van der Waals surface area (Å²) in [4.78, 5) is 0. The van der Waals surface area contributed by atoms with Crippen LogP contribution in [0.1, 0.15) is 44.6 Å². The van der Waals surface area contributed by atoms with E-state index in [4.69, 9.17) is 17.4 Å². The van der Waals surface area contributed by atoms with Gasteiger partial charge >= 0.3 is 0 Å². The van der Waals surface area contributed by atoms with Crippen molar-refractivity contribution in [1.29, 1.82) is 0 Å². The van der Waals surface area contributed by atoms with E-state index >= 15 is 0 Å². The molecule has 1 aromatic carbocycles. The number of hydrogen-bond donors (Lipinski definition) is 2. The van der Waals surface area contributed by atoms with Gasteiger partial charge in [0.2, 0.25) is 0 Å². The molecule has 112 valence electrons. The second-order valence-corrected chi connectivity index (χ2v) is 6.27. The first kappa shape index (κ1) is 15.7. The largest absolute Gasteiger partial charge is 0.271 e. The van der Waals surface area contributed by atoms with Gasteiger partial charge in [0.25, 0.3) is 0 Å². The van der Waals surface area contributed by atoms with Crippen LogP contribution < -0.4 is 11.3 Å². The van der Waals surface area contributed by atoms with Crippen LogP contribution in [0.3, 0.4) is 0 Å². The molecule has 0 amide bonds. The van der Waals surface area contributed by atoms with Gasteiger partial charge < -0.3 is 0 Å².